The average molecular weight is 550 g/mol. The summed E-state index contributed by atoms with van der Waals surface area (Å²) in [6.07, 6.45) is 2.66. The van der Waals surface area contributed by atoms with Gasteiger partial charge in [-0.2, -0.15) is 9.97 Å². The lowest BCUT2D eigenvalue weighted by Crippen LogP contribution is -2.59. The van der Waals surface area contributed by atoms with Gasteiger partial charge in [-0.15, -0.1) is 0 Å². The van der Waals surface area contributed by atoms with Gasteiger partial charge in [0.2, 0.25) is 0 Å². The lowest BCUT2D eigenvalue weighted by Gasteiger charge is -2.43. The molecule has 1 aliphatic carbocycles. The first-order valence-corrected chi connectivity index (χ1v) is 12.9. The predicted octanol–water partition coefficient (Wildman–Crippen LogP) is 3.39. The number of carboxylic acid groups (broad SMARTS) is 1. The van der Waals surface area contributed by atoms with Crippen LogP contribution in [0.1, 0.15) is 44.3 Å². The van der Waals surface area contributed by atoms with Crippen LogP contribution < -0.4 is 14.8 Å². The van der Waals surface area contributed by atoms with Crippen LogP contribution in [0.5, 0.6) is 11.8 Å². The van der Waals surface area contributed by atoms with Crippen molar-refractivity contribution in [1.29, 1.82) is 0 Å². The molecular formula is C24H32BrN5O5. The van der Waals surface area contributed by atoms with E-state index in [1.165, 1.54) is 12.0 Å². The van der Waals surface area contributed by atoms with E-state index < -0.39 is 18.4 Å². The van der Waals surface area contributed by atoms with E-state index in [-0.39, 0.29) is 18.2 Å². The molecule has 11 heteroatoms. The number of nitrogens with zero attached hydrogens (tertiary/aromatic N) is 4. The summed E-state index contributed by atoms with van der Waals surface area (Å²) in [4.78, 5) is 25.6. The second-order valence-electron chi connectivity index (χ2n) is 9.59. The van der Waals surface area contributed by atoms with E-state index in [4.69, 9.17) is 24.2 Å². The van der Waals surface area contributed by atoms with Gasteiger partial charge in [-0.25, -0.2) is 4.79 Å². The fourth-order valence-electron chi connectivity index (χ4n) is 4.99. The molecule has 1 aromatic heterocycles. The van der Waals surface area contributed by atoms with Gasteiger partial charge in [0.1, 0.15) is 18.4 Å². The maximum atomic E-state index is 12.4. The second-order valence-corrected chi connectivity index (χ2v) is 10.4. The van der Waals surface area contributed by atoms with Crippen molar-refractivity contribution in [3.63, 3.8) is 0 Å². The Labute approximate surface area is 213 Å². The first-order chi connectivity index (χ1) is 16.9. The van der Waals surface area contributed by atoms with E-state index in [2.05, 4.69) is 33.2 Å². The van der Waals surface area contributed by atoms with Crippen LogP contribution in [0, 0.1) is 0 Å². The van der Waals surface area contributed by atoms with Crippen molar-refractivity contribution in [2.24, 2.45) is 0 Å². The molecule has 0 spiro atoms. The summed E-state index contributed by atoms with van der Waals surface area (Å²) < 4.78 is 18.7. The highest BCUT2D eigenvalue weighted by molar-refractivity contribution is 9.10. The van der Waals surface area contributed by atoms with Gasteiger partial charge in [-0.05, 0) is 74.3 Å². The highest BCUT2D eigenvalue weighted by Gasteiger charge is 2.42. The van der Waals surface area contributed by atoms with E-state index in [9.17, 15) is 9.90 Å². The third-order valence-corrected chi connectivity index (χ3v) is 7.76. The van der Waals surface area contributed by atoms with Crippen molar-refractivity contribution in [3.05, 3.63) is 22.3 Å². The summed E-state index contributed by atoms with van der Waals surface area (Å²) in [7, 11) is 3.61. The molecule has 0 radical (unpaired) electrons. The Kier molecular flexibility index (Phi) is 7.02. The Morgan fingerprint density at radius 3 is 2.74 bits per heavy atom. The lowest BCUT2D eigenvalue weighted by molar-refractivity contribution is -0.0692. The summed E-state index contributed by atoms with van der Waals surface area (Å²) in [5, 5.41) is 14.2. The molecule has 3 aliphatic rings. The van der Waals surface area contributed by atoms with Gasteiger partial charge >= 0.3 is 12.1 Å². The lowest BCUT2D eigenvalue weighted by atomic mass is 9.97. The van der Waals surface area contributed by atoms with Crippen LogP contribution >= 0.6 is 15.9 Å². The third-order valence-electron chi connectivity index (χ3n) is 7.14. The zero-order valence-corrected chi connectivity index (χ0v) is 21.8. The van der Waals surface area contributed by atoms with E-state index in [1.807, 2.05) is 19.1 Å². The number of benzene rings is 1. The highest BCUT2D eigenvalue weighted by Crippen LogP contribution is 2.41. The van der Waals surface area contributed by atoms with Crippen molar-refractivity contribution < 1.29 is 24.1 Å². The number of likely N-dealkylation sites (tertiary alicyclic amines) is 1. The minimum atomic E-state index is -1.07. The number of carbonyl (C=O) groups is 1. The minimum absolute atomic E-state index is 0.162. The zero-order valence-electron chi connectivity index (χ0n) is 20.2. The predicted molar refractivity (Wildman–Crippen MR) is 133 cm³/mol. The maximum absolute atomic E-state index is 12.4. The molecule has 2 aromatic rings. The highest BCUT2D eigenvalue weighted by atomic mass is 79.9. The fraction of sp³-hybridized carbons (Fsp3) is 0.625. The van der Waals surface area contributed by atoms with E-state index in [0.29, 0.717) is 36.2 Å². The molecule has 1 aromatic carbocycles. The quantitative estimate of drug-likeness (QED) is 0.536. The van der Waals surface area contributed by atoms with Gasteiger partial charge in [-0.1, -0.05) is 0 Å². The normalized spacial score (nSPS) is 27.4. The van der Waals surface area contributed by atoms with Gasteiger partial charge < -0.3 is 29.5 Å². The Morgan fingerprint density at radius 1 is 1.29 bits per heavy atom. The zero-order chi connectivity index (χ0) is 24.7. The summed E-state index contributed by atoms with van der Waals surface area (Å²) >= 11 is 3.62. The molecule has 2 aliphatic heterocycles. The molecule has 10 nitrogen and oxygen atoms in total. The number of likely N-dealkylation sites (N-methyl/N-ethyl adjacent to an activating group) is 1. The van der Waals surface area contributed by atoms with E-state index in [1.54, 1.807) is 0 Å². The molecule has 190 valence electrons. The average Bonchev–Trinajstić information content (AvgIpc) is 3.57. The van der Waals surface area contributed by atoms with Crippen LogP contribution in [0.4, 0.5) is 4.79 Å². The molecular weight excluding hydrogens is 518 g/mol. The summed E-state index contributed by atoms with van der Waals surface area (Å²) in [6, 6.07) is 3.52. The summed E-state index contributed by atoms with van der Waals surface area (Å²) in [6.45, 7) is 3.86. The molecule has 1 saturated carbocycles. The molecule has 3 fully saturated rings. The van der Waals surface area contributed by atoms with Gasteiger partial charge in [0.25, 0.3) is 0 Å². The van der Waals surface area contributed by atoms with Crippen molar-refractivity contribution in [2.45, 2.75) is 63.1 Å². The fourth-order valence-corrected chi connectivity index (χ4v) is 5.40. The number of hydrogen-bond donors (Lipinski definition) is 2. The first kappa shape index (κ1) is 24.5. The van der Waals surface area contributed by atoms with E-state index >= 15 is 0 Å². The maximum Gasteiger partial charge on any atom is 0.410 e. The SMILES string of the molecule is COC1CNC(C)C(c2nc(OC[C@@H]3CCCN3C)nc3c(OC4CC4)c(Br)ccc23)N1C(=O)O. The second kappa shape index (κ2) is 10.0. The molecule has 3 unspecified atom stereocenters. The van der Waals surface area contributed by atoms with Crippen molar-refractivity contribution >= 4 is 32.9 Å². The number of methoxy groups -OCH3 is 1. The molecule has 2 N–H and O–H groups in total. The largest absolute Gasteiger partial charge is 0.487 e. The van der Waals surface area contributed by atoms with E-state index in [0.717, 1.165) is 42.1 Å². The Hall–Kier alpha value is -2.21. The first-order valence-electron chi connectivity index (χ1n) is 12.1. The van der Waals surface area contributed by atoms with Crippen LogP contribution in [0.15, 0.2) is 16.6 Å². The number of aromatic nitrogens is 2. The van der Waals surface area contributed by atoms with Crippen LogP contribution in [-0.2, 0) is 4.74 Å². The molecule has 5 rings (SSSR count). The number of amides is 1. The van der Waals surface area contributed by atoms with Crippen molar-refractivity contribution in [1.82, 2.24) is 25.1 Å². The minimum Gasteiger partial charge on any atom is -0.487 e. The van der Waals surface area contributed by atoms with Gasteiger partial charge in [-0.3, -0.25) is 4.90 Å². The Bertz CT molecular complexity index is 1100. The van der Waals surface area contributed by atoms with Crippen molar-refractivity contribution in [3.8, 4) is 11.8 Å². The molecule has 1 amide bonds. The molecule has 4 atom stereocenters. The summed E-state index contributed by atoms with van der Waals surface area (Å²) in [5.41, 5.74) is 1.19. The monoisotopic (exact) mass is 549 g/mol. The number of fused-ring (bicyclic) bond motifs is 1. The smallest absolute Gasteiger partial charge is 0.410 e. The van der Waals surface area contributed by atoms with Crippen molar-refractivity contribution in [2.75, 3.05) is 33.9 Å². The Morgan fingerprint density at radius 2 is 2.09 bits per heavy atom. The molecule has 0 bridgehead atoms. The number of halogens is 1. The number of rotatable bonds is 7. The van der Waals surface area contributed by atoms with Crippen LogP contribution in [0.3, 0.4) is 0 Å². The van der Waals surface area contributed by atoms with Crippen LogP contribution in [0.25, 0.3) is 10.9 Å². The topological polar surface area (TPSA) is 109 Å². The number of piperazine rings is 1. The van der Waals surface area contributed by atoms with Crippen LogP contribution in [0.2, 0.25) is 0 Å². The Balaban J connectivity index is 1.62. The third kappa shape index (κ3) is 4.91. The van der Waals surface area contributed by atoms with Gasteiger partial charge in [0.15, 0.2) is 5.75 Å². The standard InChI is InChI=1S/C24H32BrN5O5/c1-13-21(30(24(31)32)18(33-3)11-26-13)19-16-8-9-17(25)22(35-15-6-7-15)20(16)28-23(27-19)34-12-14-5-4-10-29(14)2/h8-9,13-15,18,21,26H,4-7,10-12H2,1-3H3,(H,31,32)/t13?,14-,18?,21?/m0/s1. The molecule has 35 heavy (non-hydrogen) atoms. The number of nitrogens with one attached hydrogen (secondary N) is 1. The summed E-state index contributed by atoms with van der Waals surface area (Å²) in [5.74, 6) is 0.637. The number of ether oxygens (including phenoxy) is 3. The number of hydrogen-bond acceptors (Lipinski definition) is 8. The van der Waals surface area contributed by atoms with Gasteiger partial charge in [0, 0.05) is 31.1 Å². The molecule has 3 heterocycles. The molecule has 2 saturated heterocycles. The van der Waals surface area contributed by atoms with Gasteiger partial charge in [0.05, 0.1) is 22.3 Å². The van der Waals surface area contributed by atoms with Crippen LogP contribution in [-0.4, -0.2) is 89.2 Å².